The summed E-state index contributed by atoms with van der Waals surface area (Å²) in [4.78, 5) is 19.2. The van der Waals surface area contributed by atoms with Crippen molar-refractivity contribution in [1.29, 1.82) is 0 Å². The van der Waals surface area contributed by atoms with Crippen LogP contribution in [-0.4, -0.2) is 56.2 Å². The number of rotatable bonds is 6. The fourth-order valence-electron chi connectivity index (χ4n) is 3.52. The number of fused-ring (bicyclic) bond motifs is 1. The van der Waals surface area contributed by atoms with Crippen molar-refractivity contribution in [1.82, 2.24) is 30.0 Å². The first-order valence-corrected chi connectivity index (χ1v) is 9.17. The second kappa shape index (κ2) is 7.29. The molecule has 2 N–H and O–H groups in total. The molecule has 0 spiro atoms. The number of hydrogen-bond acceptors (Lipinski definition) is 4. The lowest BCUT2D eigenvalue weighted by atomic mass is 10.2. The number of benzene rings is 1. The van der Waals surface area contributed by atoms with Crippen LogP contribution >= 0.6 is 0 Å². The first kappa shape index (κ1) is 16.8. The van der Waals surface area contributed by atoms with Crippen molar-refractivity contribution in [2.75, 3.05) is 19.6 Å². The summed E-state index contributed by atoms with van der Waals surface area (Å²) in [5.41, 5.74) is 3.33. The Kier molecular flexibility index (Phi) is 4.71. The minimum atomic E-state index is -0.131. The Morgan fingerprint density at radius 3 is 2.96 bits per heavy atom. The summed E-state index contributed by atoms with van der Waals surface area (Å²) in [7, 11) is 0. The van der Waals surface area contributed by atoms with Gasteiger partial charge in [-0.3, -0.25) is 14.8 Å². The third-order valence-electron chi connectivity index (χ3n) is 5.05. The summed E-state index contributed by atoms with van der Waals surface area (Å²) in [6, 6.07) is 10.2. The number of hydrogen-bond donors (Lipinski definition) is 2. The summed E-state index contributed by atoms with van der Waals surface area (Å²) >= 11 is 0. The predicted molar refractivity (Wildman–Crippen MR) is 100 cm³/mol. The van der Waals surface area contributed by atoms with Crippen LogP contribution in [-0.2, 0) is 6.54 Å². The second-order valence-corrected chi connectivity index (χ2v) is 6.94. The van der Waals surface area contributed by atoms with E-state index in [1.165, 1.54) is 12.8 Å². The molecule has 2 aromatic heterocycles. The molecule has 1 unspecified atom stereocenters. The quantitative estimate of drug-likeness (QED) is 0.711. The first-order chi connectivity index (χ1) is 12.7. The molecule has 3 aromatic rings. The largest absolute Gasteiger partial charge is 0.349 e. The number of amides is 1. The maximum absolute atomic E-state index is 12.4. The Bertz CT molecular complexity index is 892. The zero-order valence-electron chi connectivity index (χ0n) is 15.0. The zero-order valence-corrected chi connectivity index (χ0v) is 15.0. The van der Waals surface area contributed by atoms with Crippen LogP contribution in [0.3, 0.4) is 0 Å². The average Bonchev–Trinajstić information content (AvgIpc) is 3.41. The van der Waals surface area contributed by atoms with Crippen molar-refractivity contribution >= 4 is 16.9 Å². The van der Waals surface area contributed by atoms with Gasteiger partial charge in [-0.1, -0.05) is 12.1 Å². The van der Waals surface area contributed by atoms with Crippen LogP contribution < -0.4 is 5.32 Å². The lowest BCUT2D eigenvalue weighted by Gasteiger charge is -2.23. The Labute approximate surface area is 152 Å². The van der Waals surface area contributed by atoms with E-state index in [1.54, 1.807) is 0 Å². The lowest BCUT2D eigenvalue weighted by Crippen LogP contribution is -2.40. The van der Waals surface area contributed by atoms with Crippen molar-refractivity contribution in [3.63, 3.8) is 0 Å². The van der Waals surface area contributed by atoms with Gasteiger partial charge in [0.2, 0.25) is 0 Å². The van der Waals surface area contributed by atoms with Crippen molar-refractivity contribution < 1.29 is 4.79 Å². The van der Waals surface area contributed by atoms with E-state index >= 15 is 0 Å². The number of nitrogens with zero attached hydrogens (tertiary/aromatic N) is 4. The van der Waals surface area contributed by atoms with Gasteiger partial charge in [0.1, 0.15) is 5.69 Å². The van der Waals surface area contributed by atoms with Crippen LogP contribution in [0.2, 0.25) is 0 Å². The third-order valence-corrected chi connectivity index (χ3v) is 5.05. The monoisotopic (exact) mass is 352 g/mol. The van der Waals surface area contributed by atoms with Gasteiger partial charge in [0.25, 0.3) is 5.91 Å². The smallest absolute Gasteiger partial charge is 0.271 e. The van der Waals surface area contributed by atoms with E-state index in [-0.39, 0.29) is 5.91 Å². The van der Waals surface area contributed by atoms with E-state index in [4.69, 9.17) is 0 Å². The molecule has 0 bridgehead atoms. The average molecular weight is 352 g/mol. The van der Waals surface area contributed by atoms with Crippen LogP contribution in [0, 0.1) is 0 Å². The van der Waals surface area contributed by atoms with Gasteiger partial charge >= 0.3 is 0 Å². The third kappa shape index (κ3) is 3.48. The zero-order chi connectivity index (χ0) is 17.9. The Morgan fingerprint density at radius 1 is 1.31 bits per heavy atom. The van der Waals surface area contributed by atoms with E-state index in [9.17, 15) is 4.79 Å². The number of likely N-dealkylation sites (tertiary alicyclic amines) is 1. The Balaban J connectivity index is 1.37. The molecule has 1 atom stereocenters. The Hall–Kier alpha value is -2.67. The normalized spacial score (nSPS) is 16.2. The molecule has 1 fully saturated rings. The van der Waals surface area contributed by atoms with Gasteiger partial charge in [0.15, 0.2) is 0 Å². The van der Waals surface area contributed by atoms with Gasteiger partial charge in [-0.15, -0.1) is 0 Å². The van der Waals surface area contributed by atoms with Gasteiger partial charge in [0, 0.05) is 12.6 Å². The number of para-hydroxylation sites is 2. The summed E-state index contributed by atoms with van der Waals surface area (Å²) in [6.45, 7) is 5.66. The number of carbonyl (C=O) groups is 1. The molecule has 0 radical (unpaired) electrons. The molecule has 7 nitrogen and oxygen atoms in total. The summed E-state index contributed by atoms with van der Waals surface area (Å²) in [5.74, 6) is -0.131. The molecule has 1 amide bonds. The topological polar surface area (TPSA) is 78.8 Å². The van der Waals surface area contributed by atoms with Gasteiger partial charge in [0.05, 0.1) is 29.6 Å². The van der Waals surface area contributed by atoms with E-state index in [1.807, 2.05) is 41.2 Å². The van der Waals surface area contributed by atoms with Crippen molar-refractivity contribution in [2.24, 2.45) is 0 Å². The number of aromatic nitrogens is 4. The van der Waals surface area contributed by atoms with Crippen LogP contribution in [0.5, 0.6) is 0 Å². The van der Waals surface area contributed by atoms with Gasteiger partial charge < -0.3 is 9.88 Å². The highest BCUT2D eigenvalue weighted by Gasteiger charge is 2.19. The molecular weight excluding hydrogens is 328 g/mol. The minimum absolute atomic E-state index is 0.131. The summed E-state index contributed by atoms with van der Waals surface area (Å²) in [5, 5.41) is 10.1. The van der Waals surface area contributed by atoms with Gasteiger partial charge in [-0.2, -0.15) is 5.10 Å². The van der Waals surface area contributed by atoms with E-state index in [2.05, 4.69) is 32.3 Å². The fraction of sp³-hybridized carbons (Fsp3) is 0.421. The molecule has 0 saturated carbocycles. The number of H-pyrrole nitrogens is 1. The number of aromatic amines is 1. The second-order valence-electron chi connectivity index (χ2n) is 6.94. The molecule has 1 aliphatic heterocycles. The standard InChI is InChI=1S/C19H24N6O/c1-14(24-8-4-5-9-24)11-20-19(26)17-10-15(22-23-17)12-25-13-21-16-6-2-3-7-18(16)25/h2-3,6-7,10,13-14H,4-5,8-9,11-12H2,1H3,(H,20,26)(H,22,23). The molecule has 1 aromatic carbocycles. The van der Waals surface area contributed by atoms with Crippen LogP contribution in [0.25, 0.3) is 11.0 Å². The lowest BCUT2D eigenvalue weighted by molar-refractivity contribution is 0.0935. The molecule has 0 aliphatic carbocycles. The molecule has 4 rings (SSSR count). The number of carbonyl (C=O) groups excluding carboxylic acids is 1. The SMILES string of the molecule is CC(CNC(=O)c1cc(Cn2cnc3ccccc32)[nH]n1)N1CCCC1. The number of imidazole rings is 1. The predicted octanol–water partition coefficient (Wildman–Crippen LogP) is 2.02. The molecule has 26 heavy (non-hydrogen) atoms. The van der Waals surface area contributed by atoms with Gasteiger partial charge in [-0.05, 0) is 51.1 Å². The van der Waals surface area contributed by atoms with Crippen LogP contribution in [0.1, 0.15) is 35.9 Å². The molecule has 7 heteroatoms. The van der Waals surface area contributed by atoms with Crippen molar-refractivity contribution in [3.8, 4) is 0 Å². The maximum Gasteiger partial charge on any atom is 0.271 e. The highest BCUT2D eigenvalue weighted by atomic mass is 16.1. The van der Waals surface area contributed by atoms with Crippen molar-refractivity contribution in [2.45, 2.75) is 32.4 Å². The van der Waals surface area contributed by atoms with Gasteiger partial charge in [-0.25, -0.2) is 4.98 Å². The first-order valence-electron chi connectivity index (χ1n) is 9.17. The fourth-order valence-corrected chi connectivity index (χ4v) is 3.52. The highest BCUT2D eigenvalue weighted by Crippen LogP contribution is 2.14. The molecule has 1 aliphatic rings. The van der Waals surface area contributed by atoms with E-state index in [0.717, 1.165) is 29.8 Å². The molecule has 1 saturated heterocycles. The van der Waals surface area contributed by atoms with E-state index < -0.39 is 0 Å². The summed E-state index contributed by atoms with van der Waals surface area (Å²) < 4.78 is 2.04. The highest BCUT2D eigenvalue weighted by molar-refractivity contribution is 5.92. The molecule has 3 heterocycles. The van der Waals surface area contributed by atoms with Crippen molar-refractivity contribution in [3.05, 3.63) is 48.0 Å². The number of nitrogens with one attached hydrogen (secondary N) is 2. The minimum Gasteiger partial charge on any atom is -0.349 e. The van der Waals surface area contributed by atoms with Crippen LogP contribution in [0.4, 0.5) is 0 Å². The molecular formula is C19H24N6O. The maximum atomic E-state index is 12.4. The Morgan fingerprint density at radius 2 is 2.12 bits per heavy atom. The molecule has 136 valence electrons. The van der Waals surface area contributed by atoms with E-state index in [0.29, 0.717) is 24.8 Å². The van der Waals surface area contributed by atoms with Crippen LogP contribution in [0.15, 0.2) is 36.7 Å². The summed E-state index contributed by atoms with van der Waals surface area (Å²) in [6.07, 6.45) is 4.32.